The van der Waals surface area contributed by atoms with Crippen molar-refractivity contribution in [2.45, 2.75) is 38.8 Å². The monoisotopic (exact) mass is 344 g/mol. The van der Waals surface area contributed by atoms with E-state index in [1.165, 1.54) is 11.3 Å². The molecule has 0 bridgehead atoms. The Morgan fingerprint density at radius 2 is 2.04 bits per heavy atom. The summed E-state index contributed by atoms with van der Waals surface area (Å²) in [6.07, 6.45) is 0.160. The van der Waals surface area contributed by atoms with Gasteiger partial charge in [0.25, 0.3) is 0 Å². The van der Waals surface area contributed by atoms with Crippen molar-refractivity contribution in [2.24, 2.45) is 0 Å². The number of ether oxygens (including phenoxy) is 1. The van der Waals surface area contributed by atoms with Gasteiger partial charge in [0.05, 0.1) is 17.7 Å². The highest BCUT2D eigenvalue weighted by Gasteiger charge is 2.28. The molecule has 6 nitrogen and oxygen atoms in total. The van der Waals surface area contributed by atoms with Gasteiger partial charge in [0.15, 0.2) is 0 Å². The number of carbonyl (C=O) groups excluding carboxylic acids is 1. The topological polar surface area (TPSA) is 79.1 Å². The molecule has 1 atom stereocenters. The molecule has 126 valence electrons. The maximum Gasteiger partial charge on any atom is 0.410 e. The van der Waals surface area contributed by atoms with Gasteiger partial charge in [-0.25, -0.2) is 4.79 Å². The van der Waals surface area contributed by atoms with Crippen molar-refractivity contribution < 1.29 is 9.53 Å². The first-order chi connectivity index (χ1) is 11.3. The molecule has 0 N–H and O–H groups in total. The third kappa shape index (κ3) is 4.77. The van der Waals surface area contributed by atoms with Crippen molar-refractivity contribution >= 4 is 17.4 Å². The summed E-state index contributed by atoms with van der Waals surface area (Å²) in [4.78, 5) is 13.9. The van der Waals surface area contributed by atoms with Gasteiger partial charge in [-0.05, 0) is 44.9 Å². The SMILES string of the molecule is CN(C(=O)OC(C)(C)C)C(Cc1ccc(C#N)cc1)c1nncs1. The summed E-state index contributed by atoms with van der Waals surface area (Å²) >= 11 is 1.40. The van der Waals surface area contributed by atoms with E-state index in [1.54, 1.807) is 29.6 Å². The third-order valence-electron chi connectivity index (χ3n) is 3.32. The van der Waals surface area contributed by atoms with E-state index in [0.29, 0.717) is 12.0 Å². The molecule has 0 radical (unpaired) electrons. The Labute approximate surface area is 145 Å². The van der Waals surface area contributed by atoms with Crippen LogP contribution in [0.3, 0.4) is 0 Å². The van der Waals surface area contributed by atoms with Gasteiger partial charge in [-0.1, -0.05) is 12.1 Å². The summed E-state index contributed by atoms with van der Waals surface area (Å²) in [6.45, 7) is 5.50. The van der Waals surface area contributed by atoms with E-state index in [9.17, 15) is 4.79 Å². The molecule has 1 unspecified atom stereocenters. The molecule has 24 heavy (non-hydrogen) atoms. The summed E-state index contributed by atoms with van der Waals surface area (Å²) in [5.41, 5.74) is 2.69. The van der Waals surface area contributed by atoms with E-state index in [2.05, 4.69) is 16.3 Å². The van der Waals surface area contributed by atoms with Gasteiger partial charge in [-0.2, -0.15) is 5.26 Å². The van der Waals surface area contributed by atoms with Crippen LogP contribution >= 0.6 is 11.3 Å². The van der Waals surface area contributed by atoms with Crippen LogP contribution in [0.1, 0.15) is 42.9 Å². The number of nitriles is 1. The molecule has 1 amide bonds. The largest absolute Gasteiger partial charge is 0.444 e. The Morgan fingerprint density at radius 1 is 1.38 bits per heavy atom. The molecule has 0 aliphatic rings. The molecule has 0 saturated heterocycles. The number of hydrogen-bond donors (Lipinski definition) is 0. The lowest BCUT2D eigenvalue weighted by molar-refractivity contribution is 0.0218. The lowest BCUT2D eigenvalue weighted by Crippen LogP contribution is -2.37. The third-order valence-corrected chi connectivity index (χ3v) is 4.12. The van der Waals surface area contributed by atoms with E-state index in [1.807, 2.05) is 32.9 Å². The van der Waals surface area contributed by atoms with Crippen molar-refractivity contribution in [3.63, 3.8) is 0 Å². The lowest BCUT2D eigenvalue weighted by atomic mass is 10.0. The highest BCUT2D eigenvalue weighted by molar-refractivity contribution is 7.09. The van der Waals surface area contributed by atoms with Gasteiger partial charge >= 0.3 is 6.09 Å². The van der Waals surface area contributed by atoms with E-state index in [-0.39, 0.29) is 6.04 Å². The molecule has 1 heterocycles. The maximum atomic E-state index is 12.4. The molecule has 7 heteroatoms. The Balaban J connectivity index is 2.22. The number of carbonyl (C=O) groups is 1. The van der Waals surface area contributed by atoms with Gasteiger partial charge in [-0.3, -0.25) is 0 Å². The number of aromatic nitrogens is 2. The average molecular weight is 344 g/mol. The predicted molar refractivity (Wildman–Crippen MR) is 91.5 cm³/mol. The highest BCUT2D eigenvalue weighted by atomic mass is 32.1. The van der Waals surface area contributed by atoms with Gasteiger partial charge in [-0.15, -0.1) is 21.5 Å². The molecule has 2 aromatic rings. The van der Waals surface area contributed by atoms with Crippen LogP contribution in [0.4, 0.5) is 4.79 Å². The molecule has 0 aliphatic carbocycles. The van der Waals surface area contributed by atoms with Gasteiger partial charge in [0.2, 0.25) is 0 Å². The minimum Gasteiger partial charge on any atom is -0.444 e. The zero-order valence-electron chi connectivity index (χ0n) is 14.2. The number of hydrogen-bond acceptors (Lipinski definition) is 6. The molecular formula is C17H20N4O2S. The lowest BCUT2D eigenvalue weighted by Gasteiger charge is -2.29. The summed E-state index contributed by atoms with van der Waals surface area (Å²) < 4.78 is 5.45. The minimum atomic E-state index is -0.564. The van der Waals surface area contributed by atoms with E-state index in [0.717, 1.165) is 10.6 Å². The molecule has 0 saturated carbocycles. The van der Waals surface area contributed by atoms with Crippen LogP contribution in [0.2, 0.25) is 0 Å². The van der Waals surface area contributed by atoms with Crippen LogP contribution in [0.5, 0.6) is 0 Å². The number of benzene rings is 1. The first-order valence-corrected chi connectivity index (χ1v) is 8.39. The maximum absolute atomic E-state index is 12.4. The zero-order valence-corrected chi connectivity index (χ0v) is 15.0. The molecule has 0 spiro atoms. The fraction of sp³-hybridized carbons (Fsp3) is 0.412. The average Bonchev–Trinajstić information content (AvgIpc) is 3.05. The van der Waals surface area contributed by atoms with Crippen LogP contribution < -0.4 is 0 Å². The first-order valence-electron chi connectivity index (χ1n) is 7.51. The highest BCUT2D eigenvalue weighted by Crippen LogP contribution is 2.27. The van der Waals surface area contributed by atoms with Gasteiger partial charge in [0.1, 0.15) is 16.1 Å². The Bertz CT molecular complexity index is 715. The number of likely N-dealkylation sites (N-methyl/N-ethyl adjacent to an activating group) is 1. The predicted octanol–water partition coefficient (Wildman–Crippen LogP) is 3.56. The normalized spacial score (nSPS) is 12.3. The van der Waals surface area contributed by atoms with Gasteiger partial charge < -0.3 is 9.64 Å². The van der Waals surface area contributed by atoms with Crippen LogP contribution in [0.15, 0.2) is 29.8 Å². The number of amides is 1. The number of nitrogens with zero attached hydrogens (tertiary/aromatic N) is 4. The van der Waals surface area contributed by atoms with Crippen molar-refractivity contribution in [1.29, 1.82) is 5.26 Å². The van der Waals surface area contributed by atoms with Crippen molar-refractivity contribution in [3.05, 3.63) is 45.9 Å². The first kappa shape index (κ1) is 17.9. The van der Waals surface area contributed by atoms with Gasteiger partial charge in [0, 0.05) is 7.05 Å². The standard InChI is InChI=1S/C17H20N4O2S/c1-17(2,3)23-16(22)21(4)14(15-20-19-11-24-15)9-12-5-7-13(10-18)8-6-12/h5-8,11,14H,9H2,1-4H3. The van der Waals surface area contributed by atoms with Crippen LogP contribution in [0.25, 0.3) is 0 Å². The molecule has 1 aromatic carbocycles. The second-order valence-corrected chi connectivity index (χ2v) is 7.26. The molecule has 0 fully saturated rings. The minimum absolute atomic E-state index is 0.278. The molecular weight excluding hydrogens is 324 g/mol. The Kier molecular flexibility index (Phi) is 5.52. The van der Waals surface area contributed by atoms with E-state index in [4.69, 9.17) is 10.00 Å². The Morgan fingerprint density at radius 3 is 2.54 bits per heavy atom. The van der Waals surface area contributed by atoms with Crippen molar-refractivity contribution in [2.75, 3.05) is 7.05 Å². The van der Waals surface area contributed by atoms with E-state index >= 15 is 0 Å². The second kappa shape index (κ2) is 7.41. The summed E-state index contributed by atoms with van der Waals surface area (Å²) in [7, 11) is 1.70. The van der Waals surface area contributed by atoms with E-state index < -0.39 is 11.7 Å². The Hall–Kier alpha value is -2.46. The zero-order chi connectivity index (χ0) is 17.7. The van der Waals surface area contributed by atoms with Crippen LogP contribution in [-0.4, -0.2) is 33.8 Å². The fourth-order valence-corrected chi connectivity index (χ4v) is 2.81. The van der Waals surface area contributed by atoms with Crippen LogP contribution in [-0.2, 0) is 11.2 Å². The second-order valence-electron chi connectivity index (χ2n) is 6.40. The summed E-state index contributed by atoms with van der Waals surface area (Å²) in [6, 6.07) is 9.12. The summed E-state index contributed by atoms with van der Waals surface area (Å²) in [5, 5.41) is 17.6. The van der Waals surface area contributed by atoms with Crippen molar-refractivity contribution in [1.82, 2.24) is 15.1 Å². The number of rotatable bonds is 4. The quantitative estimate of drug-likeness (QED) is 0.847. The van der Waals surface area contributed by atoms with Crippen LogP contribution in [0, 0.1) is 11.3 Å². The van der Waals surface area contributed by atoms with Crippen molar-refractivity contribution in [3.8, 4) is 6.07 Å². The molecule has 0 aliphatic heterocycles. The molecule has 1 aromatic heterocycles. The smallest absolute Gasteiger partial charge is 0.410 e. The molecule has 2 rings (SSSR count). The summed E-state index contributed by atoms with van der Waals surface area (Å²) in [5.74, 6) is 0. The fourth-order valence-electron chi connectivity index (χ4n) is 2.12.